The lowest BCUT2D eigenvalue weighted by Gasteiger charge is -2.20. The van der Waals surface area contributed by atoms with Gasteiger partial charge in [-0.05, 0) is 89.9 Å². The predicted molar refractivity (Wildman–Crippen MR) is 412 cm³/mol. The molecular formula is C87H165NO5. The van der Waals surface area contributed by atoms with Crippen LogP contribution in [0.15, 0.2) is 48.6 Å². The second kappa shape index (κ2) is 82.2. The van der Waals surface area contributed by atoms with E-state index in [-0.39, 0.29) is 18.5 Å². The normalized spacial score (nSPS) is 12.7. The Morgan fingerprint density at radius 2 is 0.538 bits per heavy atom. The van der Waals surface area contributed by atoms with Crippen LogP contribution in [0.2, 0.25) is 0 Å². The van der Waals surface area contributed by atoms with Crippen molar-refractivity contribution in [2.75, 3.05) is 13.2 Å². The van der Waals surface area contributed by atoms with Gasteiger partial charge in [-0.25, -0.2) is 0 Å². The van der Waals surface area contributed by atoms with E-state index in [1.807, 2.05) is 6.08 Å². The van der Waals surface area contributed by atoms with Gasteiger partial charge in [0, 0.05) is 12.8 Å². The van der Waals surface area contributed by atoms with E-state index in [1.54, 1.807) is 6.08 Å². The van der Waals surface area contributed by atoms with Crippen LogP contribution in [0.1, 0.15) is 470 Å². The summed E-state index contributed by atoms with van der Waals surface area (Å²) in [5.41, 5.74) is 0. The number of nitrogens with one attached hydrogen (secondary N) is 1. The Kier molecular flexibility index (Phi) is 80.3. The van der Waals surface area contributed by atoms with E-state index in [0.29, 0.717) is 19.4 Å². The fraction of sp³-hybridized carbons (Fsp3) is 0.885. The minimum absolute atomic E-state index is 0.0112. The minimum atomic E-state index is -0.845. The predicted octanol–water partition coefficient (Wildman–Crippen LogP) is 28.3. The molecule has 93 heavy (non-hydrogen) atoms. The van der Waals surface area contributed by atoms with Crippen molar-refractivity contribution in [1.82, 2.24) is 5.32 Å². The van der Waals surface area contributed by atoms with Crippen molar-refractivity contribution in [3.05, 3.63) is 48.6 Å². The van der Waals surface area contributed by atoms with Gasteiger partial charge in [-0.1, -0.05) is 416 Å². The first-order valence-corrected chi connectivity index (χ1v) is 42.4. The molecule has 0 bridgehead atoms. The number of carbonyl (C=O) groups is 2. The second-order valence-corrected chi connectivity index (χ2v) is 29.2. The fourth-order valence-corrected chi connectivity index (χ4v) is 13.4. The van der Waals surface area contributed by atoms with E-state index in [1.165, 1.54) is 392 Å². The quantitative estimate of drug-likeness (QED) is 0.0320. The van der Waals surface area contributed by atoms with Crippen molar-refractivity contribution in [2.45, 2.75) is 482 Å². The minimum Gasteiger partial charge on any atom is -0.466 e. The highest BCUT2D eigenvalue weighted by atomic mass is 16.5. The summed E-state index contributed by atoms with van der Waals surface area (Å²) in [5, 5.41) is 23.3. The van der Waals surface area contributed by atoms with Gasteiger partial charge in [-0.15, -0.1) is 0 Å². The molecule has 0 heterocycles. The topological polar surface area (TPSA) is 95.9 Å². The van der Waals surface area contributed by atoms with Crippen LogP contribution in [0.25, 0.3) is 0 Å². The number of aliphatic hydroxyl groups is 2. The summed E-state index contributed by atoms with van der Waals surface area (Å²) < 4.78 is 5.50. The van der Waals surface area contributed by atoms with E-state index in [0.717, 1.165) is 51.4 Å². The van der Waals surface area contributed by atoms with Gasteiger partial charge in [0.15, 0.2) is 0 Å². The molecular weight excluding hydrogens is 1140 g/mol. The molecule has 6 nitrogen and oxygen atoms in total. The van der Waals surface area contributed by atoms with E-state index >= 15 is 0 Å². The molecule has 0 aromatic rings. The zero-order chi connectivity index (χ0) is 67.0. The van der Waals surface area contributed by atoms with Gasteiger partial charge in [0.1, 0.15) is 0 Å². The van der Waals surface area contributed by atoms with E-state index in [2.05, 4.69) is 55.6 Å². The highest BCUT2D eigenvalue weighted by Gasteiger charge is 2.18. The third-order valence-corrected chi connectivity index (χ3v) is 19.8. The Morgan fingerprint density at radius 3 is 0.828 bits per heavy atom. The van der Waals surface area contributed by atoms with Gasteiger partial charge in [0.2, 0.25) is 5.91 Å². The van der Waals surface area contributed by atoms with Gasteiger partial charge in [0.25, 0.3) is 0 Å². The Hall–Kier alpha value is -2.18. The van der Waals surface area contributed by atoms with Gasteiger partial charge >= 0.3 is 5.97 Å². The molecule has 0 fully saturated rings. The lowest BCUT2D eigenvalue weighted by atomic mass is 10.0. The molecule has 0 spiro atoms. The zero-order valence-corrected chi connectivity index (χ0v) is 63.0. The van der Waals surface area contributed by atoms with Gasteiger partial charge in [-0.3, -0.25) is 9.59 Å². The lowest BCUT2D eigenvalue weighted by Crippen LogP contribution is -2.45. The Labute approximate surface area is 582 Å². The first-order valence-electron chi connectivity index (χ1n) is 42.4. The molecule has 0 aliphatic heterocycles. The third-order valence-electron chi connectivity index (χ3n) is 19.8. The molecule has 0 rings (SSSR count). The van der Waals surface area contributed by atoms with Crippen molar-refractivity contribution in [3.8, 4) is 0 Å². The first-order chi connectivity index (χ1) is 46.0. The number of unbranched alkanes of at least 4 members (excludes halogenated alkanes) is 63. The lowest BCUT2D eigenvalue weighted by molar-refractivity contribution is -0.143. The Bertz CT molecular complexity index is 1550. The molecule has 0 aromatic carbocycles. The fourth-order valence-electron chi connectivity index (χ4n) is 13.4. The summed E-state index contributed by atoms with van der Waals surface area (Å²) >= 11 is 0. The van der Waals surface area contributed by atoms with Crippen LogP contribution in [-0.4, -0.2) is 47.4 Å². The third kappa shape index (κ3) is 78.7. The van der Waals surface area contributed by atoms with Crippen molar-refractivity contribution >= 4 is 11.9 Å². The number of hydrogen-bond acceptors (Lipinski definition) is 5. The van der Waals surface area contributed by atoms with Crippen LogP contribution in [-0.2, 0) is 14.3 Å². The molecule has 3 N–H and O–H groups in total. The van der Waals surface area contributed by atoms with Crippen LogP contribution in [0.5, 0.6) is 0 Å². The molecule has 0 aliphatic rings. The number of ether oxygens (including phenoxy) is 1. The largest absolute Gasteiger partial charge is 0.466 e. The van der Waals surface area contributed by atoms with Crippen molar-refractivity contribution < 1.29 is 24.5 Å². The molecule has 0 aromatic heterocycles. The molecule has 6 heteroatoms. The van der Waals surface area contributed by atoms with Crippen molar-refractivity contribution in [3.63, 3.8) is 0 Å². The summed E-state index contributed by atoms with van der Waals surface area (Å²) in [6.07, 6.45) is 110. The summed E-state index contributed by atoms with van der Waals surface area (Å²) in [6, 6.07) is -0.628. The van der Waals surface area contributed by atoms with Crippen LogP contribution >= 0.6 is 0 Å². The van der Waals surface area contributed by atoms with Crippen LogP contribution < -0.4 is 5.32 Å². The standard InChI is InChI=1S/C87H165NO5/c1-3-5-7-9-11-13-15-17-19-20-21-22-23-39-42-45-48-52-55-59-63-67-71-75-79-85(90)84(83-89)88-86(91)80-76-72-68-64-60-56-53-49-46-43-40-37-35-33-31-29-27-25-24-26-28-30-32-34-36-38-41-44-47-50-54-58-62-66-70-74-78-82-93-87(92)81-77-73-69-65-61-57-51-18-16-14-12-10-8-6-4-2/h18,24,26,30,32,51,75,79,84-85,89-90H,3-17,19-23,25,27-29,31,33-50,52-74,76-78,80-83H2,1-2H3,(H,88,91)/b26-24-,32-30-,51-18-,79-75+. The molecule has 2 atom stereocenters. The summed E-state index contributed by atoms with van der Waals surface area (Å²) in [7, 11) is 0. The van der Waals surface area contributed by atoms with Crippen LogP contribution in [0, 0.1) is 0 Å². The SMILES string of the molecule is CCCCCCCC/C=C\CCCCCCCC(=O)OCCCCCCCCCCCCCCC/C=C\C/C=C\CCCCCCCCCCCCCCCCCCCC(=O)NC(CO)C(O)/C=C/CCCCCCCCCCCCCCCCCCCCCCCC. The van der Waals surface area contributed by atoms with Crippen LogP contribution in [0.3, 0.4) is 0 Å². The highest BCUT2D eigenvalue weighted by Crippen LogP contribution is 2.20. The number of hydrogen-bond donors (Lipinski definition) is 3. The average molecular weight is 1310 g/mol. The number of aliphatic hydroxyl groups excluding tert-OH is 2. The number of allylic oxidation sites excluding steroid dienone is 7. The maximum Gasteiger partial charge on any atom is 0.305 e. The van der Waals surface area contributed by atoms with Gasteiger partial charge < -0.3 is 20.3 Å². The van der Waals surface area contributed by atoms with E-state index < -0.39 is 12.1 Å². The average Bonchev–Trinajstić information content (AvgIpc) is 3.78. The Balaban J connectivity index is 3.39. The number of amides is 1. The summed E-state index contributed by atoms with van der Waals surface area (Å²) in [6.45, 7) is 4.95. The number of rotatable bonds is 80. The monoisotopic (exact) mass is 1300 g/mol. The summed E-state index contributed by atoms with van der Waals surface area (Å²) in [4.78, 5) is 24.6. The molecule has 0 radical (unpaired) electrons. The molecule has 0 saturated heterocycles. The van der Waals surface area contributed by atoms with Crippen molar-refractivity contribution in [1.29, 1.82) is 0 Å². The van der Waals surface area contributed by atoms with Gasteiger partial charge in [-0.2, -0.15) is 0 Å². The molecule has 0 saturated carbocycles. The first kappa shape index (κ1) is 90.8. The van der Waals surface area contributed by atoms with E-state index in [9.17, 15) is 19.8 Å². The molecule has 2 unspecified atom stereocenters. The number of carbonyl (C=O) groups excluding carboxylic acids is 2. The van der Waals surface area contributed by atoms with Gasteiger partial charge in [0.05, 0.1) is 25.4 Å². The van der Waals surface area contributed by atoms with Crippen molar-refractivity contribution in [2.24, 2.45) is 0 Å². The molecule has 0 aliphatic carbocycles. The van der Waals surface area contributed by atoms with Crippen LogP contribution in [0.4, 0.5) is 0 Å². The highest BCUT2D eigenvalue weighted by molar-refractivity contribution is 5.76. The maximum absolute atomic E-state index is 12.6. The number of esters is 1. The zero-order valence-electron chi connectivity index (χ0n) is 63.0. The smallest absolute Gasteiger partial charge is 0.305 e. The maximum atomic E-state index is 12.6. The second-order valence-electron chi connectivity index (χ2n) is 29.2. The van der Waals surface area contributed by atoms with E-state index in [4.69, 9.17) is 4.74 Å². The molecule has 1 amide bonds. The summed E-state index contributed by atoms with van der Waals surface area (Å²) in [5.74, 6) is -0.0490. The Morgan fingerprint density at radius 1 is 0.301 bits per heavy atom. The molecule has 548 valence electrons.